The highest BCUT2D eigenvalue weighted by molar-refractivity contribution is 6.32. The molecule has 16 heavy (non-hydrogen) atoms. The van der Waals surface area contributed by atoms with Gasteiger partial charge in [0.15, 0.2) is 0 Å². The van der Waals surface area contributed by atoms with Crippen LogP contribution in [0.2, 0.25) is 5.02 Å². The summed E-state index contributed by atoms with van der Waals surface area (Å²) in [4.78, 5) is 20.4. The first-order chi connectivity index (χ1) is 7.41. The highest BCUT2D eigenvalue weighted by atomic mass is 35.5. The molecule has 0 saturated heterocycles. The summed E-state index contributed by atoms with van der Waals surface area (Å²) in [7, 11) is 0. The predicted octanol–water partition coefficient (Wildman–Crippen LogP) is 1.72. The standard InChI is InChI=1S/C9H9ClN2O4/c10-6-2-1-5(3-8(6)12(15)16)7(11)4-9(13)14/h1-3,7H,4,11H2,(H,13,14)/t7-/m1/s1. The Morgan fingerprint density at radius 1 is 1.62 bits per heavy atom. The van der Waals surface area contributed by atoms with Crippen LogP contribution >= 0.6 is 11.6 Å². The number of hydrogen-bond acceptors (Lipinski definition) is 4. The van der Waals surface area contributed by atoms with Gasteiger partial charge in [-0.3, -0.25) is 14.9 Å². The molecule has 0 aliphatic carbocycles. The third kappa shape index (κ3) is 2.91. The van der Waals surface area contributed by atoms with Gasteiger partial charge in [0.2, 0.25) is 0 Å². The second-order valence-electron chi connectivity index (χ2n) is 3.17. The van der Waals surface area contributed by atoms with E-state index in [2.05, 4.69) is 0 Å². The quantitative estimate of drug-likeness (QED) is 0.619. The molecule has 0 bridgehead atoms. The zero-order valence-corrected chi connectivity index (χ0v) is 8.85. The zero-order valence-electron chi connectivity index (χ0n) is 8.09. The second kappa shape index (κ2) is 4.91. The Morgan fingerprint density at radius 3 is 2.75 bits per heavy atom. The van der Waals surface area contributed by atoms with Crippen molar-refractivity contribution in [3.8, 4) is 0 Å². The summed E-state index contributed by atoms with van der Waals surface area (Å²) in [6, 6.07) is 3.21. The van der Waals surface area contributed by atoms with Gasteiger partial charge in [-0.05, 0) is 11.6 Å². The number of nitro benzene ring substituents is 1. The van der Waals surface area contributed by atoms with Crippen LogP contribution in [0.3, 0.4) is 0 Å². The molecule has 0 aromatic heterocycles. The first-order valence-corrected chi connectivity index (χ1v) is 4.71. The smallest absolute Gasteiger partial charge is 0.305 e. The third-order valence-corrected chi connectivity index (χ3v) is 2.31. The maximum absolute atomic E-state index is 10.6. The number of carboxylic acids is 1. The molecule has 0 unspecified atom stereocenters. The number of rotatable bonds is 4. The van der Waals surface area contributed by atoms with Gasteiger partial charge in [-0.15, -0.1) is 0 Å². The van der Waals surface area contributed by atoms with E-state index in [1.807, 2.05) is 0 Å². The molecule has 1 aromatic carbocycles. The van der Waals surface area contributed by atoms with Crippen LogP contribution < -0.4 is 5.73 Å². The highest BCUT2D eigenvalue weighted by Gasteiger charge is 2.17. The fourth-order valence-electron chi connectivity index (χ4n) is 1.21. The Labute approximate surface area is 95.8 Å². The summed E-state index contributed by atoms with van der Waals surface area (Å²) in [6.07, 6.45) is -0.293. The minimum absolute atomic E-state index is 0.00345. The third-order valence-electron chi connectivity index (χ3n) is 1.99. The normalized spacial score (nSPS) is 12.1. The van der Waals surface area contributed by atoms with Crippen LogP contribution in [0, 0.1) is 10.1 Å². The van der Waals surface area contributed by atoms with E-state index in [1.54, 1.807) is 0 Å². The average molecular weight is 245 g/mol. The van der Waals surface area contributed by atoms with Crippen molar-refractivity contribution in [3.63, 3.8) is 0 Å². The van der Waals surface area contributed by atoms with Crippen molar-refractivity contribution >= 4 is 23.3 Å². The van der Waals surface area contributed by atoms with Gasteiger partial charge in [0.05, 0.1) is 11.3 Å². The number of nitrogens with zero attached hydrogens (tertiary/aromatic N) is 1. The molecule has 0 spiro atoms. The number of nitrogens with two attached hydrogens (primary N) is 1. The fraction of sp³-hybridized carbons (Fsp3) is 0.222. The van der Waals surface area contributed by atoms with Crippen molar-refractivity contribution in [1.82, 2.24) is 0 Å². The molecular formula is C9H9ClN2O4. The second-order valence-corrected chi connectivity index (χ2v) is 3.58. The van der Waals surface area contributed by atoms with Crippen molar-refractivity contribution < 1.29 is 14.8 Å². The van der Waals surface area contributed by atoms with Crippen LogP contribution in [0.5, 0.6) is 0 Å². The van der Waals surface area contributed by atoms with E-state index in [0.29, 0.717) is 5.56 Å². The maximum atomic E-state index is 10.6. The Kier molecular flexibility index (Phi) is 3.81. The minimum atomic E-state index is -1.06. The van der Waals surface area contributed by atoms with Gasteiger partial charge in [-0.1, -0.05) is 17.7 Å². The fourth-order valence-corrected chi connectivity index (χ4v) is 1.39. The number of benzene rings is 1. The lowest BCUT2D eigenvalue weighted by Crippen LogP contribution is -2.15. The molecule has 1 aromatic rings. The van der Waals surface area contributed by atoms with Gasteiger partial charge in [-0.2, -0.15) is 0 Å². The Hall–Kier alpha value is -1.66. The SMILES string of the molecule is N[C@H](CC(=O)O)c1ccc(Cl)c([N+](=O)[O-])c1. The maximum Gasteiger partial charge on any atom is 0.305 e. The molecule has 0 fully saturated rings. The molecule has 0 aliphatic rings. The topological polar surface area (TPSA) is 106 Å². The summed E-state index contributed by atoms with van der Waals surface area (Å²) in [5.41, 5.74) is 5.66. The van der Waals surface area contributed by atoms with E-state index in [4.69, 9.17) is 22.4 Å². The van der Waals surface area contributed by atoms with E-state index >= 15 is 0 Å². The van der Waals surface area contributed by atoms with Crippen LogP contribution in [0.1, 0.15) is 18.0 Å². The molecule has 1 rings (SSSR count). The number of carbonyl (C=O) groups is 1. The molecule has 86 valence electrons. The monoisotopic (exact) mass is 244 g/mol. The number of hydrogen-bond donors (Lipinski definition) is 2. The van der Waals surface area contributed by atoms with E-state index in [9.17, 15) is 14.9 Å². The molecule has 6 nitrogen and oxygen atoms in total. The molecular weight excluding hydrogens is 236 g/mol. The molecule has 0 amide bonds. The summed E-state index contributed by atoms with van der Waals surface area (Å²) in [6.45, 7) is 0. The molecule has 0 radical (unpaired) electrons. The van der Waals surface area contributed by atoms with Gasteiger partial charge in [0.25, 0.3) is 5.69 Å². The van der Waals surface area contributed by atoms with Crippen molar-refractivity contribution in [2.45, 2.75) is 12.5 Å². The summed E-state index contributed by atoms with van der Waals surface area (Å²) in [5, 5.41) is 19.1. The lowest BCUT2D eigenvalue weighted by molar-refractivity contribution is -0.384. The van der Waals surface area contributed by atoms with Crippen molar-refractivity contribution in [3.05, 3.63) is 38.9 Å². The minimum Gasteiger partial charge on any atom is -0.481 e. The number of halogens is 1. The van der Waals surface area contributed by atoms with Crippen LogP contribution in [0.15, 0.2) is 18.2 Å². The Bertz CT molecular complexity index is 436. The van der Waals surface area contributed by atoms with Crippen molar-refractivity contribution in [2.24, 2.45) is 5.73 Å². The van der Waals surface area contributed by atoms with Crippen LogP contribution in [0.25, 0.3) is 0 Å². The molecule has 0 saturated carbocycles. The predicted molar refractivity (Wildman–Crippen MR) is 57.3 cm³/mol. The van der Waals surface area contributed by atoms with Crippen molar-refractivity contribution in [2.75, 3.05) is 0 Å². The zero-order chi connectivity index (χ0) is 12.3. The first-order valence-electron chi connectivity index (χ1n) is 4.33. The van der Waals surface area contributed by atoms with Crippen molar-refractivity contribution in [1.29, 1.82) is 0 Å². The van der Waals surface area contributed by atoms with Crippen LogP contribution in [-0.2, 0) is 4.79 Å². The molecule has 0 aliphatic heterocycles. The summed E-state index contributed by atoms with van der Waals surface area (Å²) >= 11 is 5.60. The highest BCUT2D eigenvalue weighted by Crippen LogP contribution is 2.27. The van der Waals surface area contributed by atoms with Gasteiger partial charge in [0, 0.05) is 12.1 Å². The molecule has 0 heterocycles. The van der Waals surface area contributed by atoms with Gasteiger partial charge in [0.1, 0.15) is 5.02 Å². The average Bonchev–Trinajstić information content (AvgIpc) is 2.16. The van der Waals surface area contributed by atoms with E-state index in [1.165, 1.54) is 18.2 Å². The first kappa shape index (κ1) is 12.4. The Morgan fingerprint density at radius 2 is 2.25 bits per heavy atom. The number of carboxylic acid groups (broad SMARTS) is 1. The number of nitro groups is 1. The van der Waals surface area contributed by atoms with Crippen LogP contribution in [-0.4, -0.2) is 16.0 Å². The number of aliphatic carboxylic acids is 1. The Balaban J connectivity index is 3.02. The van der Waals surface area contributed by atoms with Gasteiger partial charge >= 0.3 is 5.97 Å². The largest absolute Gasteiger partial charge is 0.481 e. The lowest BCUT2D eigenvalue weighted by Gasteiger charge is -2.09. The van der Waals surface area contributed by atoms with Gasteiger partial charge in [-0.25, -0.2) is 0 Å². The van der Waals surface area contributed by atoms with E-state index in [0.717, 1.165) is 0 Å². The van der Waals surface area contributed by atoms with Crippen LogP contribution in [0.4, 0.5) is 5.69 Å². The van der Waals surface area contributed by atoms with E-state index < -0.39 is 16.9 Å². The summed E-state index contributed by atoms with van der Waals surface area (Å²) in [5.74, 6) is -1.06. The van der Waals surface area contributed by atoms with E-state index in [-0.39, 0.29) is 17.1 Å². The molecule has 3 N–H and O–H groups in total. The molecule has 7 heteroatoms. The lowest BCUT2D eigenvalue weighted by atomic mass is 10.0. The summed E-state index contributed by atoms with van der Waals surface area (Å²) < 4.78 is 0. The molecule has 1 atom stereocenters. The van der Waals surface area contributed by atoms with Gasteiger partial charge < -0.3 is 10.8 Å².